The lowest BCUT2D eigenvalue weighted by molar-refractivity contribution is -0.145. The van der Waals surface area contributed by atoms with E-state index in [1.165, 1.54) is 0 Å². The highest BCUT2D eigenvalue weighted by Gasteiger charge is 2.47. The van der Waals surface area contributed by atoms with Gasteiger partial charge < -0.3 is 14.4 Å². The molecule has 0 N–H and O–H groups in total. The Morgan fingerprint density at radius 2 is 1.37 bits per heavy atom. The van der Waals surface area contributed by atoms with Crippen LogP contribution in [0.25, 0.3) is 6.08 Å². The summed E-state index contributed by atoms with van der Waals surface area (Å²) in [5.74, 6) is 0.409. The van der Waals surface area contributed by atoms with Crippen LogP contribution in [0.5, 0.6) is 5.75 Å². The van der Waals surface area contributed by atoms with Gasteiger partial charge in [-0.25, -0.2) is 4.79 Å². The van der Waals surface area contributed by atoms with Crippen molar-refractivity contribution in [3.63, 3.8) is 0 Å². The van der Waals surface area contributed by atoms with Gasteiger partial charge in [-0.3, -0.25) is 0 Å². The maximum absolute atomic E-state index is 13.7. The summed E-state index contributed by atoms with van der Waals surface area (Å²) in [6, 6.07) is 38.4. The minimum atomic E-state index is -0.739. The van der Waals surface area contributed by atoms with Crippen molar-refractivity contribution in [2.24, 2.45) is 0 Å². The molecule has 1 aliphatic heterocycles. The second-order valence-electron chi connectivity index (χ2n) is 9.17. The lowest BCUT2D eigenvalue weighted by atomic mass is 9.68. The molecular weight excluding hydrogens is 470 g/mol. The Morgan fingerprint density at radius 3 is 1.89 bits per heavy atom. The van der Waals surface area contributed by atoms with E-state index in [0.29, 0.717) is 12.2 Å². The number of anilines is 1. The van der Waals surface area contributed by atoms with Gasteiger partial charge in [0.1, 0.15) is 17.6 Å². The number of rotatable bonds is 8. The second kappa shape index (κ2) is 11.2. The quantitative estimate of drug-likeness (QED) is 0.243. The van der Waals surface area contributed by atoms with Gasteiger partial charge in [-0.1, -0.05) is 97.1 Å². The van der Waals surface area contributed by atoms with E-state index in [2.05, 4.69) is 30.3 Å². The van der Waals surface area contributed by atoms with Crippen LogP contribution < -0.4 is 9.64 Å². The Hall–Kier alpha value is -4.57. The third-order valence-corrected chi connectivity index (χ3v) is 7.01. The van der Waals surface area contributed by atoms with Crippen LogP contribution in [-0.2, 0) is 14.9 Å². The number of hydrogen-bond donors (Lipinski definition) is 0. The van der Waals surface area contributed by atoms with E-state index in [-0.39, 0.29) is 5.97 Å². The predicted molar refractivity (Wildman–Crippen MR) is 153 cm³/mol. The molecule has 1 aliphatic rings. The SMILES string of the molecule is CCN(C1=CC(c2ccccc2)(c2ccccc2)C(/C=C/c2ccccc2)OC1=O)c1ccc(OC)cc1. The Morgan fingerprint density at radius 1 is 0.816 bits per heavy atom. The van der Waals surface area contributed by atoms with Gasteiger partial charge in [-0.05, 0) is 60.0 Å². The van der Waals surface area contributed by atoms with Crippen molar-refractivity contribution in [1.82, 2.24) is 0 Å². The fraction of sp³-hybridized carbons (Fsp3) is 0.147. The standard InChI is InChI=1S/C34H31NO3/c1-3-35(29-20-22-30(37-2)23-21-29)31-25-34(27-15-9-5-10-16-27,28-17-11-6-12-18-28)32(38-33(31)36)24-19-26-13-7-4-8-14-26/h4-25,32H,3H2,1-2H3/b24-19+. The number of nitrogens with zero attached hydrogens (tertiary/aromatic N) is 1. The third kappa shape index (κ3) is 4.85. The summed E-state index contributed by atoms with van der Waals surface area (Å²) in [4.78, 5) is 15.7. The summed E-state index contributed by atoms with van der Waals surface area (Å²) >= 11 is 0. The normalized spacial score (nSPS) is 16.5. The Bertz CT molecular complexity index is 1370. The monoisotopic (exact) mass is 501 g/mol. The van der Waals surface area contributed by atoms with E-state index in [9.17, 15) is 4.79 Å². The van der Waals surface area contributed by atoms with E-state index in [4.69, 9.17) is 9.47 Å². The molecule has 1 atom stereocenters. The van der Waals surface area contributed by atoms with Crippen molar-refractivity contribution in [1.29, 1.82) is 0 Å². The molecule has 1 unspecified atom stereocenters. The molecule has 0 bridgehead atoms. The van der Waals surface area contributed by atoms with E-state index in [0.717, 1.165) is 28.1 Å². The van der Waals surface area contributed by atoms with Gasteiger partial charge in [-0.2, -0.15) is 0 Å². The molecule has 0 aromatic heterocycles. The maximum Gasteiger partial charge on any atom is 0.355 e. The predicted octanol–water partition coefficient (Wildman–Crippen LogP) is 7.03. The summed E-state index contributed by atoms with van der Waals surface area (Å²) in [5.41, 5.74) is 3.80. The van der Waals surface area contributed by atoms with Gasteiger partial charge in [-0.15, -0.1) is 0 Å². The van der Waals surface area contributed by atoms with Crippen LogP contribution >= 0.6 is 0 Å². The molecule has 0 saturated heterocycles. The van der Waals surface area contributed by atoms with Gasteiger partial charge in [0.25, 0.3) is 0 Å². The molecule has 1 heterocycles. The zero-order valence-electron chi connectivity index (χ0n) is 21.7. The smallest absolute Gasteiger partial charge is 0.355 e. The summed E-state index contributed by atoms with van der Waals surface area (Å²) in [6.07, 6.45) is 5.57. The Kier molecular flexibility index (Phi) is 7.41. The molecule has 4 nitrogen and oxygen atoms in total. The van der Waals surface area contributed by atoms with E-state index < -0.39 is 11.5 Å². The first-order chi connectivity index (χ1) is 18.7. The number of ether oxygens (including phenoxy) is 2. The number of carbonyl (C=O) groups excluding carboxylic acids is 1. The number of cyclic esters (lactones) is 1. The summed E-state index contributed by atoms with van der Waals surface area (Å²) in [7, 11) is 1.64. The number of hydrogen-bond acceptors (Lipinski definition) is 4. The average molecular weight is 502 g/mol. The molecule has 4 aromatic rings. The number of benzene rings is 4. The molecule has 4 heteroatoms. The van der Waals surface area contributed by atoms with Crippen molar-refractivity contribution in [2.45, 2.75) is 18.4 Å². The zero-order chi connectivity index (χ0) is 26.4. The van der Waals surface area contributed by atoms with Gasteiger partial charge in [0, 0.05) is 12.2 Å². The van der Waals surface area contributed by atoms with Crippen LogP contribution in [0, 0.1) is 0 Å². The molecule has 5 rings (SSSR count). The van der Waals surface area contributed by atoms with Crippen LogP contribution in [0.4, 0.5) is 5.69 Å². The van der Waals surface area contributed by atoms with E-state index in [1.54, 1.807) is 7.11 Å². The van der Waals surface area contributed by atoms with E-state index in [1.807, 2.05) is 115 Å². The van der Waals surface area contributed by atoms with Gasteiger partial charge >= 0.3 is 5.97 Å². The fourth-order valence-electron chi connectivity index (χ4n) is 5.11. The summed E-state index contributed by atoms with van der Waals surface area (Å²) < 4.78 is 11.7. The van der Waals surface area contributed by atoms with Gasteiger partial charge in [0.2, 0.25) is 0 Å². The van der Waals surface area contributed by atoms with Gasteiger partial charge in [0.15, 0.2) is 0 Å². The van der Waals surface area contributed by atoms with Crippen molar-refractivity contribution in [2.75, 3.05) is 18.6 Å². The van der Waals surface area contributed by atoms with E-state index >= 15 is 0 Å². The topological polar surface area (TPSA) is 38.8 Å². The largest absolute Gasteiger partial charge is 0.497 e. The Balaban J connectivity index is 1.72. The lowest BCUT2D eigenvalue weighted by Crippen LogP contribution is -2.47. The first-order valence-electron chi connectivity index (χ1n) is 12.9. The minimum absolute atomic E-state index is 0.354. The van der Waals surface area contributed by atoms with Crippen molar-refractivity contribution in [3.8, 4) is 5.75 Å². The third-order valence-electron chi connectivity index (χ3n) is 7.01. The van der Waals surface area contributed by atoms with Crippen LogP contribution in [-0.4, -0.2) is 25.7 Å². The maximum atomic E-state index is 13.7. The highest BCUT2D eigenvalue weighted by molar-refractivity contribution is 5.95. The highest BCUT2D eigenvalue weighted by atomic mass is 16.5. The molecule has 0 aliphatic carbocycles. The molecular formula is C34H31NO3. The molecule has 0 amide bonds. The first kappa shape index (κ1) is 25.1. The highest BCUT2D eigenvalue weighted by Crippen LogP contribution is 2.44. The molecule has 0 fully saturated rings. The molecule has 4 aromatic carbocycles. The first-order valence-corrected chi connectivity index (χ1v) is 12.9. The van der Waals surface area contributed by atoms with Crippen molar-refractivity contribution < 1.29 is 14.3 Å². The van der Waals surface area contributed by atoms with Gasteiger partial charge in [0.05, 0.1) is 12.5 Å². The summed E-state index contributed by atoms with van der Waals surface area (Å²) in [5, 5.41) is 0. The zero-order valence-corrected chi connectivity index (χ0v) is 21.7. The lowest BCUT2D eigenvalue weighted by Gasteiger charge is -2.43. The number of likely N-dealkylation sites (N-methyl/N-ethyl adjacent to an activating group) is 1. The fourth-order valence-corrected chi connectivity index (χ4v) is 5.11. The molecule has 0 radical (unpaired) electrons. The number of esters is 1. The van der Waals surface area contributed by atoms with Crippen LogP contribution in [0.2, 0.25) is 0 Å². The minimum Gasteiger partial charge on any atom is -0.497 e. The number of methoxy groups -OCH3 is 1. The molecule has 0 spiro atoms. The van der Waals surface area contributed by atoms with Crippen LogP contribution in [0.3, 0.4) is 0 Å². The number of carbonyl (C=O) groups is 1. The van der Waals surface area contributed by atoms with Crippen molar-refractivity contribution in [3.05, 3.63) is 150 Å². The van der Waals surface area contributed by atoms with Crippen LogP contribution in [0.1, 0.15) is 23.6 Å². The van der Waals surface area contributed by atoms with Crippen molar-refractivity contribution >= 4 is 17.7 Å². The van der Waals surface area contributed by atoms with Crippen LogP contribution in [0.15, 0.2) is 133 Å². The molecule has 190 valence electrons. The summed E-state index contributed by atoms with van der Waals surface area (Å²) in [6.45, 7) is 2.63. The average Bonchev–Trinajstić information content (AvgIpc) is 2.99. The Labute approximate surface area is 224 Å². The molecule has 0 saturated carbocycles. The second-order valence-corrected chi connectivity index (χ2v) is 9.17. The molecule has 38 heavy (non-hydrogen) atoms.